The van der Waals surface area contributed by atoms with Crippen molar-refractivity contribution in [3.63, 3.8) is 0 Å². The number of imide groups is 1. The van der Waals surface area contributed by atoms with Crippen molar-refractivity contribution in [1.29, 1.82) is 10.7 Å². The summed E-state index contributed by atoms with van der Waals surface area (Å²) in [6.07, 6.45) is 5.78. The van der Waals surface area contributed by atoms with E-state index in [1.807, 2.05) is 12.1 Å². The Kier molecular flexibility index (Phi) is 5.43. The largest absolute Gasteiger partial charge is 0.441 e. The van der Waals surface area contributed by atoms with Crippen LogP contribution in [0.5, 0.6) is 0 Å². The molecule has 2 aliphatic rings. The molecule has 1 N–H and O–H groups in total. The number of nitrogens with one attached hydrogen (secondary N) is 1. The van der Waals surface area contributed by atoms with Crippen LogP contribution in [0.25, 0.3) is 11.0 Å². The second kappa shape index (κ2) is 8.34. The van der Waals surface area contributed by atoms with Crippen molar-refractivity contribution in [2.75, 3.05) is 6.54 Å². The third-order valence-electron chi connectivity index (χ3n) is 7.09. The lowest BCUT2D eigenvalue weighted by atomic mass is 9.68. The highest BCUT2D eigenvalue weighted by molar-refractivity contribution is 6.10. The van der Waals surface area contributed by atoms with E-state index in [-0.39, 0.29) is 24.1 Å². The molecule has 3 heterocycles. The Balaban J connectivity index is 1.31. The van der Waals surface area contributed by atoms with Gasteiger partial charge in [-0.3, -0.25) is 9.48 Å². The molecule has 1 aromatic carbocycles. The monoisotopic (exact) mass is 473 g/mol. The van der Waals surface area contributed by atoms with E-state index in [0.717, 1.165) is 28.8 Å². The maximum Gasteiger partial charge on any atom is 0.417 e. The molecule has 2 unspecified atom stereocenters. The molecule has 2 amide bonds. The first-order valence-corrected chi connectivity index (χ1v) is 11.7. The maximum absolute atomic E-state index is 12.9. The minimum Gasteiger partial charge on any atom is -0.441 e. The van der Waals surface area contributed by atoms with Crippen LogP contribution in [0.1, 0.15) is 50.3 Å². The van der Waals surface area contributed by atoms with Crippen LogP contribution in [0.3, 0.4) is 0 Å². The zero-order valence-corrected chi connectivity index (χ0v) is 19.8. The lowest BCUT2D eigenvalue weighted by Gasteiger charge is -2.43. The number of fused-ring (bicyclic) bond motifs is 1. The topological polar surface area (TPSA) is 130 Å². The van der Waals surface area contributed by atoms with Crippen LogP contribution in [0, 0.1) is 22.2 Å². The summed E-state index contributed by atoms with van der Waals surface area (Å²) in [5, 5.41) is 21.6. The fraction of sp³-hybridized carbons (Fsp3) is 0.440. The Morgan fingerprint density at radius 2 is 2.14 bits per heavy atom. The zero-order valence-electron chi connectivity index (χ0n) is 19.8. The van der Waals surface area contributed by atoms with Crippen LogP contribution >= 0.6 is 0 Å². The first-order chi connectivity index (χ1) is 16.7. The Bertz CT molecular complexity index is 1380. The maximum atomic E-state index is 12.9. The van der Waals surface area contributed by atoms with Crippen molar-refractivity contribution in [3.05, 3.63) is 48.0 Å². The zero-order chi connectivity index (χ0) is 24.8. The number of hydrogen-bond donors (Lipinski definition) is 1. The summed E-state index contributed by atoms with van der Waals surface area (Å²) in [7, 11) is 1.75. The number of aryl methyl sites for hydroxylation is 1. The first-order valence-electron chi connectivity index (χ1n) is 11.7. The molecule has 0 radical (unpaired) electrons. The number of hydrogen-bond acceptors (Lipinski definition) is 7. The Morgan fingerprint density at radius 1 is 1.31 bits per heavy atom. The summed E-state index contributed by atoms with van der Waals surface area (Å²) in [6.45, 7) is 3.03. The number of imidazole rings is 1. The average molecular weight is 474 g/mol. The minimum atomic E-state index is -0.735. The number of aromatic nitrogens is 4. The van der Waals surface area contributed by atoms with Crippen molar-refractivity contribution in [2.24, 2.45) is 12.5 Å². The van der Waals surface area contributed by atoms with Gasteiger partial charge in [0.1, 0.15) is 11.3 Å². The van der Waals surface area contributed by atoms with Crippen molar-refractivity contribution in [2.45, 2.75) is 51.2 Å². The molecule has 180 valence electrons. The Morgan fingerprint density at radius 3 is 2.89 bits per heavy atom. The van der Waals surface area contributed by atoms with Gasteiger partial charge in [-0.15, -0.1) is 0 Å². The van der Waals surface area contributed by atoms with Crippen molar-refractivity contribution < 1.29 is 14.3 Å². The highest BCUT2D eigenvalue weighted by Crippen LogP contribution is 2.47. The quantitative estimate of drug-likeness (QED) is 0.565. The van der Waals surface area contributed by atoms with Gasteiger partial charge < -0.3 is 14.7 Å². The van der Waals surface area contributed by atoms with Crippen LogP contribution in [0.15, 0.2) is 36.8 Å². The number of benzene rings is 1. The third-order valence-corrected chi connectivity index (χ3v) is 7.09. The molecule has 1 saturated carbocycles. The summed E-state index contributed by atoms with van der Waals surface area (Å²) in [5.74, 6) is -0.445. The van der Waals surface area contributed by atoms with E-state index in [9.17, 15) is 14.9 Å². The van der Waals surface area contributed by atoms with E-state index in [0.29, 0.717) is 30.6 Å². The molecule has 3 aromatic rings. The Labute approximate surface area is 202 Å². The van der Waals surface area contributed by atoms with E-state index in [4.69, 9.17) is 10.1 Å². The lowest BCUT2D eigenvalue weighted by molar-refractivity contribution is -0.126. The smallest absolute Gasteiger partial charge is 0.417 e. The molecule has 1 saturated heterocycles. The van der Waals surface area contributed by atoms with Gasteiger partial charge in [0.2, 0.25) is 5.91 Å². The lowest BCUT2D eigenvalue weighted by Crippen LogP contribution is -2.45. The van der Waals surface area contributed by atoms with E-state index >= 15 is 0 Å². The summed E-state index contributed by atoms with van der Waals surface area (Å²) < 4.78 is 9.49. The fourth-order valence-corrected chi connectivity index (χ4v) is 5.54. The van der Waals surface area contributed by atoms with Crippen LogP contribution in [0.4, 0.5) is 4.79 Å². The summed E-state index contributed by atoms with van der Waals surface area (Å²) >= 11 is 0. The van der Waals surface area contributed by atoms with Crippen LogP contribution in [-0.4, -0.2) is 54.1 Å². The van der Waals surface area contributed by atoms with Gasteiger partial charge in [0.05, 0.1) is 47.7 Å². The predicted octanol–water partition coefficient (Wildman–Crippen LogP) is 3.40. The number of nitriles is 1. The standard InChI is InChI=1S/C25H27N7O3/c1-24(14-31-16-28-20-5-4-17(12-26)10-21(20)31)7-3-8-25(13-24)15-32(23(34)35-25)22(33)11-18(27)19-6-9-30(2)29-19/h4-6,9-10,16,27H,3,7-8,11,13-15H2,1-2H3. The van der Waals surface area contributed by atoms with Gasteiger partial charge in [0.15, 0.2) is 0 Å². The minimum absolute atomic E-state index is 0.0709. The van der Waals surface area contributed by atoms with E-state index in [1.54, 1.807) is 36.4 Å². The van der Waals surface area contributed by atoms with Gasteiger partial charge in [-0.2, -0.15) is 10.4 Å². The summed E-state index contributed by atoms with van der Waals surface area (Å²) in [4.78, 5) is 31.3. The molecular formula is C25H27N7O3. The molecule has 5 rings (SSSR count). The van der Waals surface area contributed by atoms with Crippen molar-refractivity contribution >= 4 is 28.7 Å². The van der Waals surface area contributed by atoms with Crippen LogP contribution < -0.4 is 0 Å². The Hall–Kier alpha value is -4.00. The third kappa shape index (κ3) is 4.30. The summed E-state index contributed by atoms with van der Waals surface area (Å²) in [6, 6.07) is 9.30. The van der Waals surface area contributed by atoms with E-state index in [1.165, 1.54) is 0 Å². The van der Waals surface area contributed by atoms with Gasteiger partial charge in [-0.05, 0) is 55.4 Å². The van der Waals surface area contributed by atoms with Gasteiger partial charge >= 0.3 is 6.09 Å². The van der Waals surface area contributed by atoms with Gasteiger partial charge in [0.25, 0.3) is 0 Å². The molecule has 35 heavy (non-hydrogen) atoms. The summed E-state index contributed by atoms with van der Waals surface area (Å²) in [5.41, 5.74) is 1.88. The molecule has 2 fully saturated rings. The number of nitrogens with zero attached hydrogens (tertiary/aromatic N) is 6. The fourth-order valence-electron chi connectivity index (χ4n) is 5.54. The second-order valence-electron chi connectivity index (χ2n) is 10.1. The number of amides is 2. The van der Waals surface area contributed by atoms with E-state index < -0.39 is 17.6 Å². The average Bonchev–Trinajstić information content (AvgIpc) is 3.50. The van der Waals surface area contributed by atoms with Gasteiger partial charge in [0, 0.05) is 19.8 Å². The first kappa shape index (κ1) is 22.8. The predicted molar refractivity (Wildman–Crippen MR) is 127 cm³/mol. The van der Waals surface area contributed by atoms with E-state index in [2.05, 4.69) is 27.6 Å². The highest BCUT2D eigenvalue weighted by Gasteiger charge is 2.52. The molecule has 1 aliphatic carbocycles. The van der Waals surface area contributed by atoms with Crippen LogP contribution in [0.2, 0.25) is 0 Å². The van der Waals surface area contributed by atoms with Gasteiger partial charge in [-0.25, -0.2) is 14.7 Å². The molecular weight excluding hydrogens is 446 g/mol. The molecule has 1 spiro atoms. The highest BCUT2D eigenvalue weighted by atomic mass is 16.6. The van der Waals surface area contributed by atoms with Gasteiger partial charge in [-0.1, -0.05) is 6.92 Å². The van der Waals surface area contributed by atoms with Crippen LogP contribution in [-0.2, 0) is 23.1 Å². The van der Waals surface area contributed by atoms with Crippen molar-refractivity contribution in [3.8, 4) is 6.07 Å². The number of rotatable bonds is 5. The number of ether oxygens (including phenoxy) is 1. The normalized spacial score (nSPS) is 24.0. The number of carbonyl (C=O) groups is 2. The SMILES string of the molecule is Cn1ccc(C(=N)CC(=O)N2CC3(CCCC(C)(Cn4cnc5ccc(C#N)cc54)C3)OC2=O)n1. The number of carbonyl (C=O) groups excluding carboxylic acids is 2. The van der Waals surface area contributed by atoms with Crippen molar-refractivity contribution in [1.82, 2.24) is 24.2 Å². The molecule has 2 atom stereocenters. The molecule has 10 heteroatoms. The molecule has 2 aromatic heterocycles. The second-order valence-corrected chi connectivity index (χ2v) is 10.1. The molecule has 1 aliphatic heterocycles. The molecule has 10 nitrogen and oxygen atoms in total. The molecule has 0 bridgehead atoms.